The van der Waals surface area contributed by atoms with Crippen LogP contribution in [-0.4, -0.2) is 24.2 Å². The summed E-state index contributed by atoms with van der Waals surface area (Å²) < 4.78 is 5.62. The summed E-state index contributed by atoms with van der Waals surface area (Å²) in [6.45, 7) is 3.83. The zero-order chi connectivity index (χ0) is 9.80. The lowest BCUT2D eigenvalue weighted by atomic mass is 10.1. The molecule has 3 nitrogen and oxygen atoms in total. The van der Waals surface area contributed by atoms with Crippen LogP contribution in [0.15, 0.2) is 5.38 Å². The summed E-state index contributed by atoms with van der Waals surface area (Å²) in [6.07, 6.45) is 4.07. The third-order valence-electron chi connectivity index (χ3n) is 2.37. The molecule has 78 valence electrons. The molecule has 1 unspecified atom stereocenters. The molecule has 2 heterocycles. The summed E-state index contributed by atoms with van der Waals surface area (Å²) in [7, 11) is 0. The van der Waals surface area contributed by atoms with Gasteiger partial charge in [0.25, 0.3) is 0 Å². The molecule has 0 radical (unpaired) electrons. The van der Waals surface area contributed by atoms with Crippen LogP contribution in [0.5, 0.6) is 0 Å². The third-order valence-corrected chi connectivity index (χ3v) is 3.29. The summed E-state index contributed by atoms with van der Waals surface area (Å²) in [5.41, 5.74) is 1.09. The van der Waals surface area contributed by atoms with Gasteiger partial charge >= 0.3 is 0 Å². The minimum atomic E-state index is 0.382. The van der Waals surface area contributed by atoms with E-state index < -0.39 is 0 Å². The molecular formula is C10H16N2OS. The molecule has 0 saturated carbocycles. The van der Waals surface area contributed by atoms with E-state index in [2.05, 4.69) is 15.7 Å². The Labute approximate surface area is 88.5 Å². The predicted molar refractivity (Wildman–Crippen MR) is 58.9 cm³/mol. The Balaban J connectivity index is 1.76. The number of thiazole rings is 1. The minimum absolute atomic E-state index is 0.382. The number of nitrogens with zero attached hydrogens (tertiary/aromatic N) is 1. The van der Waals surface area contributed by atoms with Crippen molar-refractivity contribution in [3.63, 3.8) is 0 Å². The zero-order valence-corrected chi connectivity index (χ0v) is 9.27. The number of rotatable bonds is 3. The molecule has 1 N–H and O–H groups in total. The predicted octanol–water partition coefficient (Wildman–Crippen LogP) is 2.43. The van der Waals surface area contributed by atoms with Gasteiger partial charge in [-0.1, -0.05) is 0 Å². The van der Waals surface area contributed by atoms with E-state index in [9.17, 15) is 0 Å². The molecule has 0 aromatic carbocycles. The van der Waals surface area contributed by atoms with Crippen LogP contribution in [0.4, 0.5) is 5.13 Å². The highest BCUT2D eigenvalue weighted by Crippen LogP contribution is 2.17. The fourth-order valence-electron chi connectivity index (χ4n) is 1.60. The van der Waals surface area contributed by atoms with Crippen LogP contribution in [0.3, 0.4) is 0 Å². The second kappa shape index (κ2) is 4.75. The number of anilines is 1. The van der Waals surface area contributed by atoms with Crippen LogP contribution in [-0.2, 0) is 4.74 Å². The number of nitrogens with one attached hydrogen (secondary N) is 1. The van der Waals surface area contributed by atoms with Crippen molar-refractivity contribution in [2.75, 3.05) is 18.5 Å². The average Bonchev–Trinajstić information content (AvgIpc) is 2.63. The lowest BCUT2D eigenvalue weighted by molar-refractivity contribution is 0.0247. The number of hydrogen-bond donors (Lipinski definition) is 1. The maximum Gasteiger partial charge on any atom is 0.182 e. The summed E-state index contributed by atoms with van der Waals surface area (Å²) in [5, 5.41) is 6.39. The molecule has 1 aromatic rings. The molecule has 1 aromatic heterocycles. The fraction of sp³-hybridized carbons (Fsp3) is 0.700. The standard InChI is InChI=1S/C10H16N2OS/c1-8-7-14-10(12-8)11-6-9-4-2-3-5-13-9/h7,9H,2-6H2,1H3,(H,11,12). The van der Waals surface area contributed by atoms with Gasteiger partial charge in [0.2, 0.25) is 0 Å². The van der Waals surface area contributed by atoms with Gasteiger partial charge in [0, 0.05) is 18.5 Å². The molecule has 1 aliphatic heterocycles. The summed E-state index contributed by atoms with van der Waals surface area (Å²) >= 11 is 1.66. The van der Waals surface area contributed by atoms with E-state index in [0.29, 0.717) is 6.10 Å². The Kier molecular flexibility index (Phi) is 3.37. The molecule has 14 heavy (non-hydrogen) atoms. The normalized spacial score (nSPS) is 22.2. The van der Waals surface area contributed by atoms with E-state index in [-0.39, 0.29) is 0 Å². The SMILES string of the molecule is Cc1csc(NCC2CCCCO2)n1. The second-order valence-electron chi connectivity index (χ2n) is 3.66. The van der Waals surface area contributed by atoms with Crippen molar-refractivity contribution in [1.82, 2.24) is 4.98 Å². The van der Waals surface area contributed by atoms with Crippen LogP contribution in [0.25, 0.3) is 0 Å². The van der Waals surface area contributed by atoms with Crippen molar-refractivity contribution in [3.05, 3.63) is 11.1 Å². The van der Waals surface area contributed by atoms with Gasteiger partial charge in [-0.05, 0) is 26.2 Å². The molecule has 0 spiro atoms. The lowest BCUT2D eigenvalue weighted by Crippen LogP contribution is -2.26. The van der Waals surface area contributed by atoms with Crippen molar-refractivity contribution in [2.45, 2.75) is 32.3 Å². The highest BCUT2D eigenvalue weighted by Gasteiger charge is 2.13. The molecular weight excluding hydrogens is 196 g/mol. The first-order chi connectivity index (χ1) is 6.84. The first-order valence-corrected chi connectivity index (χ1v) is 6.00. The van der Waals surface area contributed by atoms with Gasteiger partial charge in [-0.25, -0.2) is 4.98 Å². The fourth-order valence-corrected chi connectivity index (χ4v) is 2.30. The quantitative estimate of drug-likeness (QED) is 0.835. The molecule has 0 bridgehead atoms. The maximum absolute atomic E-state index is 5.62. The van der Waals surface area contributed by atoms with Gasteiger partial charge in [0.05, 0.1) is 11.8 Å². The first-order valence-electron chi connectivity index (χ1n) is 5.12. The smallest absolute Gasteiger partial charge is 0.182 e. The number of hydrogen-bond acceptors (Lipinski definition) is 4. The van der Waals surface area contributed by atoms with Gasteiger partial charge in [-0.3, -0.25) is 0 Å². The molecule has 1 atom stereocenters. The largest absolute Gasteiger partial charge is 0.376 e. The molecule has 1 fully saturated rings. The van der Waals surface area contributed by atoms with Gasteiger partial charge in [-0.2, -0.15) is 0 Å². The third kappa shape index (κ3) is 2.69. The van der Waals surface area contributed by atoms with Crippen LogP contribution < -0.4 is 5.32 Å². The lowest BCUT2D eigenvalue weighted by Gasteiger charge is -2.22. The van der Waals surface area contributed by atoms with E-state index >= 15 is 0 Å². The highest BCUT2D eigenvalue weighted by atomic mass is 32.1. The minimum Gasteiger partial charge on any atom is -0.376 e. The van der Waals surface area contributed by atoms with E-state index in [1.165, 1.54) is 19.3 Å². The summed E-state index contributed by atoms with van der Waals surface area (Å²) in [4.78, 5) is 4.35. The van der Waals surface area contributed by atoms with Crippen molar-refractivity contribution < 1.29 is 4.74 Å². The first kappa shape index (κ1) is 9.93. The Morgan fingerprint density at radius 2 is 2.57 bits per heavy atom. The molecule has 1 aliphatic rings. The monoisotopic (exact) mass is 212 g/mol. The molecule has 0 amide bonds. The van der Waals surface area contributed by atoms with Crippen LogP contribution in [0.1, 0.15) is 25.0 Å². The number of aromatic nitrogens is 1. The Morgan fingerprint density at radius 3 is 3.21 bits per heavy atom. The van der Waals surface area contributed by atoms with Gasteiger partial charge in [0.15, 0.2) is 5.13 Å². The molecule has 0 aliphatic carbocycles. The number of ether oxygens (including phenoxy) is 1. The average molecular weight is 212 g/mol. The summed E-state index contributed by atoms with van der Waals surface area (Å²) in [5.74, 6) is 0. The topological polar surface area (TPSA) is 34.1 Å². The highest BCUT2D eigenvalue weighted by molar-refractivity contribution is 7.13. The molecule has 4 heteroatoms. The summed E-state index contributed by atoms with van der Waals surface area (Å²) in [6, 6.07) is 0. The Bertz CT molecular complexity index is 281. The Morgan fingerprint density at radius 1 is 1.64 bits per heavy atom. The van der Waals surface area contributed by atoms with Crippen molar-refractivity contribution in [2.24, 2.45) is 0 Å². The van der Waals surface area contributed by atoms with Crippen molar-refractivity contribution >= 4 is 16.5 Å². The second-order valence-corrected chi connectivity index (χ2v) is 4.52. The molecule has 1 saturated heterocycles. The van der Waals surface area contributed by atoms with E-state index in [1.807, 2.05) is 6.92 Å². The maximum atomic E-state index is 5.62. The molecule has 2 rings (SSSR count). The van der Waals surface area contributed by atoms with Gasteiger partial charge < -0.3 is 10.1 Å². The van der Waals surface area contributed by atoms with Crippen LogP contribution in [0, 0.1) is 6.92 Å². The zero-order valence-electron chi connectivity index (χ0n) is 8.45. The van der Waals surface area contributed by atoms with Gasteiger partial charge in [-0.15, -0.1) is 11.3 Å². The van der Waals surface area contributed by atoms with E-state index in [1.54, 1.807) is 11.3 Å². The van der Waals surface area contributed by atoms with Crippen LogP contribution >= 0.6 is 11.3 Å². The Hall–Kier alpha value is -0.610. The van der Waals surface area contributed by atoms with Crippen LogP contribution in [0.2, 0.25) is 0 Å². The van der Waals surface area contributed by atoms with Gasteiger partial charge in [0.1, 0.15) is 0 Å². The van der Waals surface area contributed by atoms with Crippen molar-refractivity contribution in [1.29, 1.82) is 0 Å². The van der Waals surface area contributed by atoms with Crippen molar-refractivity contribution in [3.8, 4) is 0 Å². The number of aryl methyl sites for hydroxylation is 1. The van der Waals surface area contributed by atoms with E-state index in [0.717, 1.165) is 24.0 Å². The van der Waals surface area contributed by atoms with E-state index in [4.69, 9.17) is 4.74 Å².